The third-order valence-electron chi connectivity index (χ3n) is 7.21. The van der Waals surface area contributed by atoms with E-state index in [9.17, 15) is 4.79 Å². The second-order valence-electron chi connectivity index (χ2n) is 9.42. The maximum atomic E-state index is 13.3. The quantitative estimate of drug-likeness (QED) is 0.410. The highest BCUT2D eigenvalue weighted by molar-refractivity contribution is 6.09. The first-order valence-corrected chi connectivity index (χ1v) is 12.9. The average molecular weight is 483 g/mol. The lowest BCUT2D eigenvalue weighted by Crippen LogP contribution is -2.43. The highest BCUT2D eigenvalue weighted by Crippen LogP contribution is 2.43. The molecule has 1 atom stereocenters. The molecule has 1 unspecified atom stereocenters. The van der Waals surface area contributed by atoms with Gasteiger partial charge in [0.25, 0.3) is 5.91 Å². The average Bonchev–Trinajstić information content (AvgIpc) is 3.30. The normalized spacial score (nSPS) is 17.0. The van der Waals surface area contributed by atoms with E-state index < -0.39 is 0 Å². The van der Waals surface area contributed by atoms with Gasteiger partial charge in [-0.3, -0.25) is 4.79 Å². The van der Waals surface area contributed by atoms with Crippen LogP contribution in [0.3, 0.4) is 0 Å². The SMILES string of the molecule is CCC(CC)C1C(C(=O)Nc2ccccc2)=Cc2cnc(Nc3ccc(N4CCNCC4)cc3)nc21. The maximum absolute atomic E-state index is 13.3. The molecule has 1 aliphatic heterocycles. The maximum Gasteiger partial charge on any atom is 0.252 e. The molecule has 0 spiro atoms. The number of amides is 1. The van der Waals surface area contributed by atoms with E-state index in [0.29, 0.717) is 11.9 Å². The number of nitrogens with one attached hydrogen (secondary N) is 3. The van der Waals surface area contributed by atoms with Crippen LogP contribution in [0.25, 0.3) is 6.08 Å². The van der Waals surface area contributed by atoms with Crippen LogP contribution < -0.4 is 20.9 Å². The fraction of sp³-hybridized carbons (Fsp3) is 0.345. The van der Waals surface area contributed by atoms with E-state index in [1.165, 1.54) is 5.69 Å². The molecule has 3 N–H and O–H groups in total. The van der Waals surface area contributed by atoms with E-state index in [1.807, 2.05) is 42.6 Å². The van der Waals surface area contributed by atoms with Gasteiger partial charge in [-0.1, -0.05) is 44.9 Å². The van der Waals surface area contributed by atoms with Crippen LogP contribution in [0.15, 0.2) is 66.4 Å². The zero-order valence-electron chi connectivity index (χ0n) is 21.0. The van der Waals surface area contributed by atoms with Gasteiger partial charge in [0.05, 0.1) is 5.69 Å². The van der Waals surface area contributed by atoms with Gasteiger partial charge in [-0.05, 0) is 48.4 Å². The van der Waals surface area contributed by atoms with E-state index in [0.717, 1.165) is 67.2 Å². The summed E-state index contributed by atoms with van der Waals surface area (Å²) in [4.78, 5) is 25.2. The fourth-order valence-corrected chi connectivity index (χ4v) is 5.21. The Morgan fingerprint density at radius 2 is 1.75 bits per heavy atom. The van der Waals surface area contributed by atoms with Crippen LogP contribution in [0.4, 0.5) is 23.0 Å². The Morgan fingerprint density at radius 3 is 2.44 bits per heavy atom. The monoisotopic (exact) mass is 482 g/mol. The van der Waals surface area contributed by atoms with Gasteiger partial charge in [-0.25, -0.2) is 9.97 Å². The molecule has 2 aromatic carbocycles. The molecule has 1 fully saturated rings. The van der Waals surface area contributed by atoms with Crippen molar-refractivity contribution in [2.24, 2.45) is 5.92 Å². The number of carbonyl (C=O) groups is 1. The number of carbonyl (C=O) groups excluding carboxylic acids is 1. The smallest absolute Gasteiger partial charge is 0.252 e. The van der Waals surface area contributed by atoms with Crippen LogP contribution in [0.2, 0.25) is 0 Å². The number of rotatable bonds is 8. The second-order valence-corrected chi connectivity index (χ2v) is 9.42. The molecule has 1 amide bonds. The predicted octanol–water partition coefficient (Wildman–Crippen LogP) is 5.19. The van der Waals surface area contributed by atoms with Crippen molar-refractivity contribution in [3.63, 3.8) is 0 Å². The molecule has 1 saturated heterocycles. The van der Waals surface area contributed by atoms with Gasteiger partial charge in [0, 0.05) is 66.5 Å². The number of fused-ring (bicyclic) bond motifs is 1. The first-order chi connectivity index (χ1) is 17.7. The van der Waals surface area contributed by atoms with Crippen LogP contribution >= 0.6 is 0 Å². The molecule has 0 radical (unpaired) electrons. The third-order valence-corrected chi connectivity index (χ3v) is 7.21. The summed E-state index contributed by atoms with van der Waals surface area (Å²) in [5, 5.41) is 9.82. The summed E-state index contributed by atoms with van der Waals surface area (Å²) in [7, 11) is 0. The third kappa shape index (κ3) is 5.11. The van der Waals surface area contributed by atoms with Gasteiger partial charge in [0.15, 0.2) is 0 Å². The van der Waals surface area contributed by atoms with Crippen molar-refractivity contribution >= 4 is 35.0 Å². The molecule has 0 saturated carbocycles. The second kappa shape index (κ2) is 10.9. The van der Waals surface area contributed by atoms with Gasteiger partial charge < -0.3 is 20.9 Å². The van der Waals surface area contributed by atoms with Crippen molar-refractivity contribution in [2.45, 2.75) is 32.6 Å². The fourth-order valence-electron chi connectivity index (χ4n) is 5.21. The Bertz CT molecular complexity index is 1210. The predicted molar refractivity (Wildman–Crippen MR) is 147 cm³/mol. The molecular formula is C29H34N6O. The molecule has 2 heterocycles. The number of hydrogen-bond acceptors (Lipinski definition) is 6. The van der Waals surface area contributed by atoms with Crippen molar-refractivity contribution in [3.05, 3.63) is 77.6 Å². The van der Waals surface area contributed by atoms with Gasteiger partial charge in [-0.2, -0.15) is 0 Å². The molecule has 2 aliphatic rings. The first-order valence-electron chi connectivity index (χ1n) is 12.9. The number of benzene rings is 2. The molecule has 1 aromatic heterocycles. The zero-order chi connectivity index (χ0) is 24.9. The standard InChI is InChI=1S/C29H34N6O/c1-3-20(4-2)26-25(28(36)32-22-8-6-5-7-9-22)18-21-19-31-29(34-27(21)26)33-23-10-12-24(13-11-23)35-16-14-30-15-17-35/h5-13,18-20,26,30H,3-4,14-17H2,1-2H3,(H,32,36)(H,31,33,34). The number of piperazine rings is 1. The Morgan fingerprint density at radius 1 is 1.03 bits per heavy atom. The van der Waals surface area contributed by atoms with Crippen LogP contribution in [-0.2, 0) is 4.79 Å². The van der Waals surface area contributed by atoms with Crippen molar-refractivity contribution in [1.29, 1.82) is 0 Å². The van der Waals surface area contributed by atoms with Crippen molar-refractivity contribution < 1.29 is 4.79 Å². The minimum Gasteiger partial charge on any atom is -0.369 e. The molecule has 1 aliphatic carbocycles. The van der Waals surface area contributed by atoms with Gasteiger partial charge in [0.2, 0.25) is 5.95 Å². The Hall–Kier alpha value is -3.71. The Labute approximate surface area is 213 Å². The Kier molecular flexibility index (Phi) is 7.28. The number of aromatic nitrogens is 2. The minimum atomic E-state index is -0.0749. The van der Waals surface area contributed by atoms with Crippen LogP contribution in [0.1, 0.15) is 43.9 Å². The van der Waals surface area contributed by atoms with E-state index in [4.69, 9.17) is 4.98 Å². The summed E-state index contributed by atoms with van der Waals surface area (Å²) in [6.45, 7) is 8.43. The molecule has 7 heteroatoms. The lowest BCUT2D eigenvalue weighted by atomic mass is 9.82. The zero-order valence-corrected chi connectivity index (χ0v) is 21.0. The molecule has 186 valence electrons. The summed E-state index contributed by atoms with van der Waals surface area (Å²) >= 11 is 0. The van der Waals surface area contributed by atoms with Crippen molar-refractivity contribution in [1.82, 2.24) is 15.3 Å². The molecule has 7 nitrogen and oxygen atoms in total. The molecule has 0 bridgehead atoms. The summed E-state index contributed by atoms with van der Waals surface area (Å²) in [6, 6.07) is 18.0. The highest BCUT2D eigenvalue weighted by atomic mass is 16.1. The largest absolute Gasteiger partial charge is 0.369 e. The lowest BCUT2D eigenvalue weighted by Gasteiger charge is -2.29. The van der Waals surface area contributed by atoms with Crippen LogP contribution in [-0.4, -0.2) is 42.1 Å². The Balaban J connectivity index is 1.36. The van der Waals surface area contributed by atoms with Gasteiger partial charge >= 0.3 is 0 Å². The molecule has 5 rings (SSSR count). The van der Waals surface area contributed by atoms with Gasteiger partial charge in [-0.15, -0.1) is 0 Å². The van der Waals surface area contributed by atoms with Crippen LogP contribution in [0, 0.1) is 5.92 Å². The molecular weight excluding hydrogens is 448 g/mol. The molecule has 36 heavy (non-hydrogen) atoms. The first kappa shape index (κ1) is 24.0. The van der Waals surface area contributed by atoms with E-state index >= 15 is 0 Å². The summed E-state index contributed by atoms with van der Waals surface area (Å²) in [6.07, 6.45) is 5.73. The summed E-state index contributed by atoms with van der Waals surface area (Å²) in [5.41, 5.74) is 5.57. The van der Waals surface area contributed by atoms with Crippen LogP contribution in [0.5, 0.6) is 0 Å². The van der Waals surface area contributed by atoms with Crippen molar-refractivity contribution in [2.75, 3.05) is 41.7 Å². The summed E-state index contributed by atoms with van der Waals surface area (Å²) in [5.74, 6) is 0.740. The number of anilines is 4. The minimum absolute atomic E-state index is 0.0580. The highest BCUT2D eigenvalue weighted by Gasteiger charge is 2.36. The topological polar surface area (TPSA) is 82.2 Å². The van der Waals surface area contributed by atoms with Gasteiger partial charge in [0.1, 0.15) is 0 Å². The van der Waals surface area contributed by atoms with E-state index in [2.05, 4.69) is 63.9 Å². The van der Waals surface area contributed by atoms with E-state index in [1.54, 1.807) is 0 Å². The van der Waals surface area contributed by atoms with E-state index in [-0.39, 0.29) is 11.8 Å². The number of para-hydroxylation sites is 1. The summed E-state index contributed by atoms with van der Waals surface area (Å²) < 4.78 is 0. The molecule has 3 aromatic rings. The number of nitrogens with zero attached hydrogens (tertiary/aromatic N) is 3. The lowest BCUT2D eigenvalue weighted by molar-refractivity contribution is -0.113. The number of hydrogen-bond donors (Lipinski definition) is 3. The van der Waals surface area contributed by atoms with Crippen molar-refractivity contribution in [3.8, 4) is 0 Å².